The first-order valence-corrected chi connectivity index (χ1v) is 17.9. The number of nitrogens with zero attached hydrogens (tertiary/aromatic N) is 4. The molecule has 2 aliphatic rings. The highest BCUT2D eigenvalue weighted by molar-refractivity contribution is 7.13. The molecule has 2 aliphatic heterocycles. The van der Waals surface area contributed by atoms with E-state index >= 15 is 0 Å². The van der Waals surface area contributed by atoms with Gasteiger partial charge in [0.1, 0.15) is 41.4 Å². The van der Waals surface area contributed by atoms with E-state index in [4.69, 9.17) is 56.6 Å². The topological polar surface area (TPSA) is 144 Å². The second kappa shape index (κ2) is 15.8. The molecule has 15 heteroatoms. The summed E-state index contributed by atoms with van der Waals surface area (Å²) in [5.41, 5.74) is 3.74. The van der Waals surface area contributed by atoms with Crippen LogP contribution in [0.2, 0.25) is 10.2 Å². The number of benzene rings is 3. The van der Waals surface area contributed by atoms with Gasteiger partial charge in [0.05, 0.1) is 47.2 Å². The zero-order valence-corrected chi connectivity index (χ0v) is 31.0. The predicted molar refractivity (Wildman–Crippen MR) is 200 cm³/mol. The molecule has 272 valence electrons. The number of pyridine rings is 1. The number of hydrogen-bond donors (Lipinski definition) is 1. The maximum atomic E-state index is 13.4. The largest absolute Gasteiger partial charge is 0.496 e. The van der Waals surface area contributed by atoms with Crippen molar-refractivity contribution in [3.63, 3.8) is 0 Å². The molecule has 1 N–H and O–H groups in total. The van der Waals surface area contributed by atoms with Gasteiger partial charge in [-0.25, -0.2) is 19.7 Å². The van der Waals surface area contributed by atoms with Crippen molar-refractivity contribution in [2.75, 3.05) is 27.4 Å². The third-order valence-electron chi connectivity index (χ3n) is 8.58. The van der Waals surface area contributed by atoms with Crippen LogP contribution in [0.1, 0.15) is 16.8 Å². The van der Waals surface area contributed by atoms with Gasteiger partial charge in [-0.3, -0.25) is 0 Å². The van der Waals surface area contributed by atoms with E-state index in [2.05, 4.69) is 14.3 Å². The van der Waals surface area contributed by atoms with E-state index in [1.54, 1.807) is 55.9 Å². The Morgan fingerprint density at radius 2 is 1.87 bits per heavy atom. The Labute approximate surface area is 318 Å². The number of methoxy groups -OCH3 is 2. The van der Waals surface area contributed by atoms with Crippen molar-refractivity contribution >= 4 is 50.8 Å². The van der Waals surface area contributed by atoms with Crippen LogP contribution < -0.4 is 23.7 Å². The Hall–Kier alpha value is -5.21. The summed E-state index contributed by atoms with van der Waals surface area (Å²) in [6.45, 7) is 1.53. The summed E-state index contributed by atoms with van der Waals surface area (Å²) in [5.74, 6) is 1.87. The molecule has 5 heterocycles. The number of fused-ring (bicyclic) bond motifs is 7. The molecular weight excluding hydrogens is 743 g/mol. The summed E-state index contributed by atoms with van der Waals surface area (Å²) in [6, 6.07) is 17.9. The monoisotopic (exact) mass is 774 g/mol. The van der Waals surface area contributed by atoms with Crippen LogP contribution >= 0.6 is 34.7 Å². The van der Waals surface area contributed by atoms with Gasteiger partial charge < -0.3 is 33.5 Å². The molecule has 0 aliphatic carbocycles. The van der Waals surface area contributed by atoms with E-state index in [1.807, 2.05) is 31.2 Å². The Morgan fingerprint density at radius 3 is 2.68 bits per heavy atom. The van der Waals surface area contributed by atoms with Gasteiger partial charge in [0, 0.05) is 29.9 Å². The SMILES string of the molecule is COC(=O)[C@H]1Cc2cc(ccc2OCc2ccnc(-c3ccccc3OC)n2)OC[C@H](CO)Oc2ccc(c(C)c2Cl)-c2c(Cl)ncc3snc(c23)O1. The van der Waals surface area contributed by atoms with Gasteiger partial charge >= 0.3 is 5.97 Å². The molecule has 2 atom stereocenters. The molecule has 0 amide bonds. The van der Waals surface area contributed by atoms with Crippen molar-refractivity contribution in [2.45, 2.75) is 32.2 Å². The van der Waals surface area contributed by atoms with E-state index in [1.165, 1.54) is 7.11 Å². The highest BCUT2D eigenvalue weighted by atomic mass is 35.5. The fraction of sp³-hybridized carbons (Fsp3) is 0.237. The standard InChI is InChI=1S/C38H32Cl2N4O8S/c1-20-25-9-11-29(34(20)39)51-24(17-45)19-49-23-8-10-27(50-18-22-12-13-41-36(43-22)26-6-4-5-7-28(26)47-2)21(14-23)15-30(38(46)48-3)52-37-33-31(53-44-37)16-42-35(40)32(25)33/h4-14,16,24,30,45H,15,17-19H2,1-3H3/t24-,30+/m0/s1. The molecule has 0 fully saturated rings. The summed E-state index contributed by atoms with van der Waals surface area (Å²) in [5, 5.41) is 11.3. The van der Waals surface area contributed by atoms with Gasteiger partial charge in [-0.05, 0) is 72.0 Å². The first-order chi connectivity index (χ1) is 25.8. The van der Waals surface area contributed by atoms with E-state index in [0.717, 1.165) is 17.1 Å². The number of rotatable bonds is 7. The van der Waals surface area contributed by atoms with Crippen molar-refractivity contribution < 1.29 is 38.3 Å². The molecule has 0 unspecified atom stereocenters. The third-order valence-corrected chi connectivity index (χ3v) is 10.1. The first kappa shape index (κ1) is 36.2. The first-order valence-electron chi connectivity index (χ1n) is 16.4. The van der Waals surface area contributed by atoms with Crippen LogP contribution in [0.3, 0.4) is 0 Å². The Balaban J connectivity index is 1.28. The van der Waals surface area contributed by atoms with Gasteiger partial charge in [-0.15, -0.1) is 0 Å². The van der Waals surface area contributed by atoms with Crippen LogP contribution in [0.25, 0.3) is 32.6 Å². The number of carbonyl (C=O) groups is 1. The number of para-hydroxylation sites is 1. The zero-order valence-electron chi connectivity index (χ0n) is 28.7. The van der Waals surface area contributed by atoms with Gasteiger partial charge in [0.2, 0.25) is 12.0 Å². The maximum absolute atomic E-state index is 13.4. The van der Waals surface area contributed by atoms with Crippen molar-refractivity contribution in [1.82, 2.24) is 19.3 Å². The molecule has 3 aromatic carbocycles. The Bertz CT molecular complexity index is 2310. The lowest BCUT2D eigenvalue weighted by atomic mass is 9.99. The van der Waals surface area contributed by atoms with Crippen molar-refractivity contribution in [3.8, 4) is 51.4 Å². The number of aliphatic hydroxyl groups is 1. The van der Waals surface area contributed by atoms with Crippen molar-refractivity contribution in [3.05, 3.63) is 100 Å². The fourth-order valence-electron chi connectivity index (χ4n) is 5.90. The molecule has 0 saturated carbocycles. The third kappa shape index (κ3) is 7.51. The molecule has 3 aromatic heterocycles. The number of carbonyl (C=O) groups excluding carboxylic acids is 1. The number of hydrogen-bond acceptors (Lipinski definition) is 13. The van der Waals surface area contributed by atoms with Gasteiger partial charge in [-0.1, -0.05) is 41.4 Å². The molecule has 53 heavy (non-hydrogen) atoms. The highest BCUT2D eigenvalue weighted by Crippen LogP contribution is 2.45. The minimum atomic E-state index is -1.17. The minimum absolute atomic E-state index is 0.00169. The lowest BCUT2D eigenvalue weighted by Gasteiger charge is -2.21. The predicted octanol–water partition coefficient (Wildman–Crippen LogP) is 7.31. The second-order valence-corrected chi connectivity index (χ2v) is 13.4. The van der Waals surface area contributed by atoms with E-state index in [-0.39, 0.29) is 37.3 Å². The van der Waals surface area contributed by atoms with Crippen LogP contribution in [0.4, 0.5) is 0 Å². The average molecular weight is 776 g/mol. The molecule has 0 saturated heterocycles. The Kier molecular flexibility index (Phi) is 10.8. The normalized spacial score (nSPS) is 15.5. The summed E-state index contributed by atoms with van der Waals surface area (Å²) in [4.78, 5) is 26.9. The minimum Gasteiger partial charge on any atom is -0.496 e. The van der Waals surface area contributed by atoms with Gasteiger partial charge in [0.25, 0.3) is 0 Å². The number of esters is 1. The molecule has 0 spiro atoms. The number of aliphatic hydroxyl groups excluding tert-OH is 1. The van der Waals surface area contributed by atoms with Crippen LogP contribution in [-0.2, 0) is 22.6 Å². The zero-order chi connectivity index (χ0) is 37.1. The lowest BCUT2D eigenvalue weighted by molar-refractivity contribution is -0.148. The number of halogens is 2. The summed E-state index contributed by atoms with van der Waals surface area (Å²) in [7, 11) is 2.88. The maximum Gasteiger partial charge on any atom is 0.347 e. The highest BCUT2D eigenvalue weighted by Gasteiger charge is 2.29. The van der Waals surface area contributed by atoms with E-state index in [9.17, 15) is 9.90 Å². The Morgan fingerprint density at radius 1 is 1.02 bits per heavy atom. The lowest BCUT2D eigenvalue weighted by Crippen LogP contribution is -2.31. The van der Waals surface area contributed by atoms with Crippen molar-refractivity contribution in [1.29, 1.82) is 0 Å². The number of aromatic nitrogens is 4. The molecule has 8 rings (SSSR count). The second-order valence-electron chi connectivity index (χ2n) is 11.9. The average Bonchev–Trinajstić information content (AvgIpc) is 3.59. The molecule has 6 aromatic rings. The van der Waals surface area contributed by atoms with Crippen molar-refractivity contribution in [2.24, 2.45) is 0 Å². The van der Waals surface area contributed by atoms with E-state index < -0.39 is 18.2 Å². The van der Waals surface area contributed by atoms with Gasteiger partial charge in [0.15, 0.2) is 11.9 Å². The summed E-state index contributed by atoms with van der Waals surface area (Å²) >= 11 is 14.7. The molecular formula is C38H32Cl2N4O8S. The number of ether oxygens (including phenoxy) is 6. The van der Waals surface area contributed by atoms with E-state index in [0.29, 0.717) is 71.9 Å². The van der Waals surface area contributed by atoms with Crippen LogP contribution in [0, 0.1) is 6.92 Å². The molecule has 0 radical (unpaired) electrons. The van der Waals surface area contributed by atoms with Crippen LogP contribution in [-0.4, -0.2) is 70.0 Å². The van der Waals surface area contributed by atoms with Crippen LogP contribution in [0.15, 0.2) is 73.1 Å². The van der Waals surface area contributed by atoms with Gasteiger partial charge in [-0.2, -0.15) is 4.37 Å². The molecule has 4 bridgehead atoms. The van der Waals surface area contributed by atoms with Crippen LogP contribution in [0.5, 0.6) is 28.9 Å². The summed E-state index contributed by atoms with van der Waals surface area (Å²) < 4.78 is 40.9. The molecule has 12 nitrogen and oxygen atoms in total. The smallest absolute Gasteiger partial charge is 0.347 e. The quantitative estimate of drug-likeness (QED) is 0.128. The summed E-state index contributed by atoms with van der Waals surface area (Å²) in [6.07, 6.45) is 1.31. The fourth-order valence-corrected chi connectivity index (χ4v) is 7.05.